The van der Waals surface area contributed by atoms with E-state index in [0.29, 0.717) is 6.42 Å². The Balaban J connectivity index is 1.71. The number of hydrogen-bond acceptors (Lipinski definition) is 3. The van der Waals surface area contributed by atoms with Crippen molar-refractivity contribution >= 4 is 27.5 Å². The molecule has 0 aliphatic rings. The number of nitrogens with zero attached hydrogens (tertiary/aromatic N) is 2. The van der Waals surface area contributed by atoms with Gasteiger partial charge in [0.2, 0.25) is 10.7 Å². The van der Waals surface area contributed by atoms with Crippen molar-refractivity contribution in [1.82, 2.24) is 9.99 Å². The normalized spacial score (nSPS) is 13.2. The molecule has 2 aromatic carbocycles. The van der Waals surface area contributed by atoms with Crippen LogP contribution in [0.5, 0.6) is 0 Å². The standard InChI is InChI=1S/C18H19N3OS/c1-13(14-8-4-3-5-9-14)12-17(22)19-20-18-21(2)15-10-6-7-11-16(15)23-18/h3-11,13H,12H2,1-2H3,(H,19,22)/b20-18+/t13-/m1/s1. The molecule has 1 atom stereocenters. The molecule has 0 bridgehead atoms. The molecule has 3 aromatic rings. The number of amides is 1. The van der Waals surface area contributed by atoms with Crippen LogP contribution >= 0.6 is 11.3 Å². The van der Waals surface area contributed by atoms with Crippen LogP contribution in [0.3, 0.4) is 0 Å². The lowest BCUT2D eigenvalue weighted by Crippen LogP contribution is -2.24. The van der Waals surface area contributed by atoms with E-state index in [1.165, 1.54) is 0 Å². The van der Waals surface area contributed by atoms with Crippen molar-refractivity contribution in [2.75, 3.05) is 0 Å². The summed E-state index contributed by atoms with van der Waals surface area (Å²) >= 11 is 1.56. The summed E-state index contributed by atoms with van der Waals surface area (Å²) in [6.45, 7) is 2.05. The molecule has 0 fully saturated rings. The SMILES string of the molecule is C[C@H](CC(=O)N/N=c1/sc2ccccc2n1C)c1ccccc1. The molecule has 0 spiro atoms. The van der Waals surface area contributed by atoms with Gasteiger partial charge in [0, 0.05) is 13.5 Å². The molecular weight excluding hydrogens is 306 g/mol. The minimum atomic E-state index is -0.0705. The number of para-hydroxylation sites is 1. The lowest BCUT2D eigenvalue weighted by molar-refractivity contribution is -0.121. The van der Waals surface area contributed by atoms with Gasteiger partial charge in [0.25, 0.3) is 0 Å². The summed E-state index contributed by atoms with van der Waals surface area (Å²) in [5, 5.41) is 4.27. The average molecular weight is 325 g/mol. The molecular formula is C18H19N3OS. The predicted molar refractivity (Wildman–Crippen MR) is 94.0 cm³/mol. The van der Waals surface area contributed by atoms with Gasteiger partial charge in [-0.05, 0) is 23.6 Å². The van der Waals surface area contributed by atoms with E-state index in [9.17, 15) is 4.79 Å². The van der Waals surface area contributed by atoms with E-state index < -0.39 is 0 Å². The second kappa shape index (κ2) is 6.79. The minimum absolute atomic E-state index is 0.0705. The highest BCUT2D eigenvalue weighted by Crippen LogP contribution is 2.18. The zero-order valence-corrected chi connectivity index (χ0v) is 14.0. The van der Waals surface area contributed by atoms with Crippen LogP contribution in [0.1, 0.15) is 24.8 Å². The zero-order chi connectivity index (χ0) is 16.2. The van der Waals surface area contributed by atoms with Crippen LogP contribution in [0.2, 0.25) is 0 Å². The van der Waals surface area contributed by atoms with Gasteiger partial charge in [0.1, 0.15) is 0 Å². The summed E-state index contributed by atoms with van der Waals surface area (Å²) in [6, 6.07) is 18.1. The molecule has 4 nitrogen and oxygen atoms in total. The Morgan fingerprint density at radius 2 is 1.87 bits per heavy atom. The maximum absolute atomic E-state index is 12.1. The van der Waals surface area contributed by atoms with Crippen molar-refractivity contribution < 1.29 is 4.79 Å². The molecule has 0 unspecified atom stereocenters. The van der Waals surface area contributed by atoms with Crippen LogP contribution in [0.4, 0.5) is 0 Å². The van der Waals surface area contributed by atoms with Crippen molar-refractivity contribution in [2.45, 2.75) is 19.3 Å². The highest BCUT2D eigenvalue weighted by molar-refractivity contribution is 7.16. The monoisotopic (exact) mass is 325 g/mol. The molecule has 1 amide bonds. The molecule has 23 heavy (non-hydrogen) atoms. The van der Waals surface area contributed by atoms with E-state index in [1.54, 1.807) is 11.3 Å². The fourth-order valence-electron chi connectivity index (χ4n) is 2.52. The number of carbonyl (C=O) groups is 1. The largest absolute Gasteiger partial charge is 0.318 e. The average Bonchev–Trinajstić information content (AvgIpc) is 2.90. The fraction of sp³-hybridized carbons (Fsp3) is 0.222. The van der Waals surface area contributed by atoms with Gasteiger partial charge >= 0.3 is 0 Å². The Hall–Kier alpha value is -2.40. The maximum atomic E-state index is 12.1. The summed E-state index contributed by atoms with van der Waals surface area (Å²) in [7, 11) is 1.95. The third-order valence-corrected chi connectivity index (χ3v) is 4.96. The van der Waals surface area contributed by atoms with Crippen LogP contribution in [0.25, 0.3) is 10.2 Å². The van der Waals surface area contributed by atoms with Gasteiger partial charge in [0.05, 0.1) is 10.2 Å². The number of nitrogens with one attached hydrogen (secondary N) is 1. The third kappa shape index (κ3) is 3.51. The summed E-state index contributed by atoms with van der Waals surface area (Å²) in [5.74, 6) is 0.0985. The highest BCUT2D eigenvalue weighted by Gasteiger charge is 2.10. The molecule has 1 N–H and O–H groups in total. The van der Waals surface area contributed by atoms with Gasteiger partial charge in [0.15, 0.2) is 0 Å². The predicted octanol–water partition coefficient (Wildman–Crippen LogP) is 3.37. The van der Waals surface area contributed by atoms with E-state index in [1.807, 2.05) is 67.1 Å². The fourth-order valence-corrected chi connectivity index (χ4v) is 3.50. The van der Waals surface area contributed by atoms with Crippen LogP contribution in [0.15, 0.2) is 59.7 Å². The second-order valence-corrected chi connectivity index (χ2v) is 6.58. The number of aromatic nitrogens is 1. The van der Waals surface area contributed by atoms with Crippen molar-refractivity contribution in [3.8, 4) is 0 Å². The van der Waals surface area contributed by atoms with Gasteiger partial charge in [-0.1, -0.05) is 60.7 Å². The molecule has 3 rings (SSSR count). The molecule has 0 aliphatic carbocycles. The molecule has 0 saturated heterocycles. The summed E-state index contributed by atoms with van der Waals surface area (Å²) in [5.41, 5.74) is 4.95. The number of fused-ring (bicyclic) bond motifs is 1. The number of rotatable bonds is 4. The number of hydrogen-bond donors (Lipinski definition) is 1. The molecule has 1 aromatic heterocycles. The van der Waals surface area contributed by atoms with Gasteiger partial charge in [-0.15, -0.1) is 5.10 Å². The first-order valence-electron chi connectivity index (χ1n) is 7.57. The first-order chi connectivity index (χ1) is 11.1. The number of thiazole rings is 1. The number of carbonyl (C=O) groups excluding carboxylic acids is 1. The van der Waals surface area contributed by atoms with Crippen molar-refractivity contribution in [2.24, 2.45) is 12.1 Å². The minimum Gasteiger partial charge on any atom is -0.318 e. The van der Waals surface area contributed by atoms with Crippen LogP contribution in [0, 0.1) is 0 Å². The smallest absolute Gasteiger partial charge is 0.240 e. The first-order valence-corrected chi connectivity index (χ1v) is 8.39. The molecule has 0 saturated carbocycles. The van der Waals surface area contributed by atoms with E-state index >= 15 is 0 Å². The second-order valence-electron chi connectivity index (χ2n) is 5.57. The van der Waals surface area contributed by atoms with E-state index in [2.05, 4.69) is 16.6 Å². The Morgan fingerprint density at radius 3 is 2.61 bits per heavy atom. The van der Waals surface area contributed by atoms with Crippen LogP contribution in [-0.2, 0) is 11.8 Å². The van der Waals surface area contributed by atoms with Gasteiger partial charge in [-0.2, -0.15) is 0 Å². The van der Waals surface area contributed by atoms with Crippen molar-refractivity contribution in [3.63, 3.8) is 0 Å². The highest BCUT2D eigenvalue weighted by atomic mass is 32.1. The lowest BCUT2D eigenvalue weighted by Gasteiger charge is -2.09. The third-order valence-electron chi connectivity index (χ3n) is 3.85. The lowest BCUT2D eigenvalue weighted by atomic mass is 9.98. The van der Waals surface area contributed by atoms with Crippen LogP contribution < -0.4 is 10.2 Å². The molecule has 118 valence electrons. The molecule has 5 heteroatoms. The number of aryl methyl sites for hydroxylation is 1. The van der Waals surface area contributed by atoms with Crippen LogP contribution in [-0.4, -0.2) is 10.5 Å². The maximum Gasteiger partial charge on any atom is 0.240 e. The zero-order valence-electron chi connectivity index (χ0n) is 13.2. The Morgan fingerprint density at radius 1 is 1.17 bits per heavy atom. The Kier molecular flexibility index (Phi) is 4.57. The summed E-state index contributed by atoms with van der Waals surface area (Å²) < 4.78 is 3.14. The van der Waals surface area contributed by atoms with E-state index in [-0.39, 0.29) is 11.8 Å². The summed E-state index contributed by atoms with van der Waals surface area (Å²) in [4.78, 5) is 12.9. The Bertz CT molecular complexity index is 880. The van der Waals surface area contributed by atoms with Gasteiger partial charge in [-0.25, -0.2) is 5.43 Å². The number of benzene rings is 2. The summed E-state index contributed by atoms with van der Waals surface area (Å²) in [6.07, 6.45) is 0.419. The molecule has 1 heterocycles. The van der Waals surface area contributed by atoms with Gasteiger partial charge in [-0.3, -0.25) is 4.79 Å². The molecule has 0 radical (unpaired) electrons. The van der Waals surface area contributed by atoms with Crippen molar-refractivity contribution in [3.05, 3.63) is 65.0 Å². The quantitative estimate of drug-likeness (QED) is 0.735. The first kappa shape index (κ1) is 15.5. The van der Waals surface area contributed by atoms with E-state index in [4.69, 9.17) is 0 Å². The molecule has 0 aliphatic heterocycles. The topological polar surface area (TPSA) is 46.4 Å². The van der Waals surface area contributed by atoms with E-state index in [0.717, 1.165) is 20.6 Å². The van der Waals surface area contributed by atoms with Crippen molar-refractivity contribution in [1.29, 1.82) is 0 Å². The van der Waals surface area contributed by atoms with Gasteiger partial charge < -0.3 is 4.57 Å². The Labute approximate surface area is 139 Å².